The topological polar surface area (TPSA) is 102 Å². The first-order valence-electron chi connectivity index (χ1n) is 8.64. The number of unbranched alkanes of at least 4 members (excludes halogenated alkanes) is 1. The van der Waals surface area contributed by atoms with Crippen LogP contribution in [0.1, 0.15) is 30.1 Å². The fourth-order valence-electron chi connectivity index (χ4n) is 2.23. The second-order valence-electron chi connectivity index (χ2n) is 5.88. The number of carbonyl (C=O) groups is 2. The van der Waals surface area contributed by atoms with Gasteiger partial charge >= 0.3 is 5.97 Å². The average molecular weight is 408 g/mol. The van der Waals surface area contributed by atoms with Crippen molar-refractivity contribution in [2.45, 2.75) is 24.7 Å². The summed E-state index contributed by atoms with van der Waals surface area (Å²) in [6.07, 6.45) is 1.73. The van der Waals surface area contributed by atoms with Gasteiger partial charge < -0.3 is 10.1 Å². The van der Waals surface area contributed by atoms with Crippen molar-refractivity contribution < 1.29 is 27.1 Å². The van der Waals surface area contributed by atoms with E-state index >= 15 is 0 Å². The van der Waals surface area contributed by atoms with Crippen molar-refractivity contribution in [3.05, 3.63) is 59.9 Å². The zero-order valence-corrected chi connectivity index (χ0v) is 16.1. The van der Waals surface area contributed by atoms with E-state index in [2.05, 4.69) is 10.0 Å². The molecule has 28 heavy (non-hydrogen) atoms. The highest BCUT2D eigenvalue weighted by Gasteiger charge is 2.20. The smallest absolute Gasteiger partial charge is 0.340 e. The highest BCUT2D eigenvalue weighted by atomic mass is 32.2. The number of nitrogens with one attached hydrogen (secondary N) is 2. The third-order valence-corrected chi connectivity index (χ3v) is 5.08. The van der Waals surface area contributed by atoms with Crippen molar-refractivity contribution >= 4 is 27.6 Å². The predicted octanol–water partition coefficient (Wildman–Crippen LogP) is 2.70. The molecule has 0 heterocycles. The molecule has 7 nitrogen and oxygen atoms in total. The third kappa shape index (κ3) is 6.05. The average Bonchev–Trinajstić information content (AvgIpc) is 2.67. The molecule has 0 aromatic heterocycles. The van der Waals surface area contributed by atoms with Gasteiger partial charge in [0.2, 0.25) is 0 Å². The number of para-hydroxylation sites is 1. The van der Waals surface area contributed by atoms with Crippen LogP contribution < -0.4 is 10.0 Å². The summed E-state index contributed by atoms with van der Waals surface area (Å²) in [6, 6.07) is 10.1. The molecule has 0 aliphatic heterocycles. The van der Waals surface area contributed by atoms with Crippen LogP contribution in [0.4, 0.5) is 10.1 Å². The summed E-state index contributed by atoms with van der Waals surface area (Å²) in [7, 11) is -4.04. The predicted molar refractivity (Wildman–Crippen MR) is 102 cm³/mol. The summed E-state index contributed by atoms with van der Waals surface area (Å²) in [5.41, 5.74) is -0.0576. The van der Waals surface area contributed by atoms with Crippen LogP contribution in [-0.2, 0) is 19.6 Å². The molecular weight excluding hydrogens is 387 g/mol. The lowest BCUT2D eigenvalue weighted by atomic mass is 10.2. The van der Waals surface area contributed by atoms with E-state index in [0.717, 1.165) is 37.1 Å². The Kier molecular flexibility index (Phi) is 7.51. The number of ether oxygens (including phenoxy) is 1. The normalized spacial score (nSPS) is 10.9. The number of carbonyl (C=O) groups excluding carboxylic acids is 2. The van der Waals surface area contributed by atoms with E-state index in [4.69, 9.17) is 4.74 Å². The van der Waals surface area contributed by atoms with Crippen LogP contribution in [0.15, 0.2) is 53.4 Å². The number of hydrogen-bond acceptors (Lipinski definition) is 5. The number of anilines is 1. The van der Waals surface area contributed by atoms with Crippen molar-refractivity contribution in [1.82, 2.24) is 5.32 Å². The summed E-state index contributed by atoms with van der Waals surface area (Å²) >= 11 is 0. The number of esters is 1. The van der Waals surface area contributed by atoms with Crippen LogP contribution in [0, 0.1) is 5.82 Å². The van der Waals surface area contributed by atoms with Gasteiger partial charge in [0.1, 0.15) is 5.82 Å². The molecule has 0 aliphatic carbocycles. The molecule has 2 aromatic carbocycles. The molecule has 0 aliphatic rings. The zero-order valence-electron chi connectivity index (χ0n) is 15.3. The van der Waals surface area contributed by atoms with Gasteiger partial charge in [-0.2, -0.15) is 0 Å². The van der Waals surface area contributed by atoms with Gasteiger partial charge in [0.15, 0.2) is 6.61 Å². The fraction of sp³-hybridized carbons (Fsp3) is 0.263. The minimum absolute atomic E-state index is 0.0109. The summed E-state index contributed by atoms with van der Waals surface area (Å²) in [4.78, 5) is 23.8. The Bertz CT molecular complexity index is 930. The van der Waals surface area contributed by atoms with Gasteiger partial charge in [-0.1, -0.05) is 25.5 Å². The van der Waals surface area contributed by atoms with Crippen molar-refractivity contribution in [3.8, 4) is 0 Å². The summed E-state index contributed by atoms with van der Waals surface area (Å²) in [5.74, 6) is -1.85. The molecule has 0 saturated heterocycles. The Morgan fingerprint density at radius 3 is 2.43 bits per heavy atom. The van der Waals surface area contributed by atoms with Crippen LogP contribution in [0.3, 0.4) is 0 Å². The largest absolute Gasteiger partial charge is 0.452 e. The van der Waals surface area contributed by atoms with Gasteiger partial charge in [-0.3, -0.25) is 9.52 Å². The van der Waals surface area contributed by atoms with Crippen LogP contribution >= 0.6 is 0 Å². The van der Waals surface area contributed by atoms with Gasteiger partial charge in [0.25, 0.3) is 15.9 Å². The maximum absolute atomic E-state index is 13.0. The molecule has 0 saturated carbocycles. The standard InChI is InChI=1S/C19H21FN2O5S/c1-2-3-12-21-18(23)13-27-19(24)16-6-4-5-7-17(16)22-28(25,26)15-10-8-14(20)9-11-15/h4-11,22H,2-3,12-13H2,1H3,(H,21,23). The third-order valence-electron chi connectivity index (χ3n) is 3.70. The van der Waals surface area contributed by atoms with Crippen molar-refractivity contribution in [3.63, 3.8) is 0 Å². The Labute approximate surface area is 163 Å². The SMILES string of the molecule is CCCCNC(=O)COC(=O)c1ccccc1NS(=O)(=O)c1ccc(F)cc1. The van der Waals surface area contributed by atoms with Crippen LogP contribution in [0.2, 0.25) is 0 Å². The molecule has 150 valence electrons. The van der Waals surface area contributed by atoms with E-state index in [1.165, 1.54) is 24.3 Å². The first-order valence-corrected chi connectivity index (χ1v) is 10.1. The van der Waals surface area contributed by atoms with Crippen LogP contribution in [0.5, 0.6) is 0 Å². The Hall–Kier alpha value is -2.94. The molecule has 0 fully saturated rings. The first kappa shape index (κ1) is 21.4. The van der Waals surface area contributed by atoms with E-state index in [1.807, 2.05) is 6.92 Å². The maximum Gasteiger partial charge on any atom is 0.340 e. The number of halogens is 1. The molecule has 1 amide bonds. The fourth-order valence-corrected chi connectivity index (χ4v) is 3.31. The number of sulfonamides is 1. The van der Waals surface area contributed by atoms with Gasteiger partial charge in [-0.15, -0.1) is 0 Å². The minimum atomic E-state index is -4.04. The molecule has 9 heteroatoms. The van der Waals surface area contributed by atoms with Crippen LogP contribution in [0.25, 0.3) is 0 Å². The van der Waals surface area contributed by atoms with Crippen molar-refractivity contribution in [1.29, 1.82) is 0 Å². The Morgan fingerprint density at radius 1 is 1.07 bits per heavy atom. The molecule has 0 atom stereocenters. The molecule has 0 spiro atoms. The second-order valence-corrected chi connectivity index (χ2v) is 7.57. The Morgan fingerprint density at radius 2 is 1.75 bits per heavy atom. The monoisotopic (exact) mass is 408 g/mol. The molecule has 2 aromatic rings. The number of benzene rings is 2. The molecule has 0 radical (unpaired) electrons. The maximum atomic E-state index is 13.0. The highest BCUT2D eigenvalue weighted by molar-refractivity contribution is 7.92. The second kappa shape index (κ2) is 9.84. The number of amides is 1. The molecule has 0 unspecified atom stereocenters. The quantitative estimate of drug-likeness (QED) is 0.491. The molecular formula is C19H21FN2O5S. The van der Waals surface area contributed by atoms with E-state index in [-0.39, 0.29) is 16.1 Å². The number of rotatable bonds is 9. The van der Waals surface area contributed by atoms with E-state index < -0.39 is 34.3 Å². The first-order chi connectivity index (χ1) is 13.3. The molecule has 0 bridgehead atoms. The summed E-state index contributed by atoms with van der Waals surface area (Å²) in [5, 5.41) is 2.61. The van der Waals surface area contributed by atoms with E-state index in [1.54, 1.807) is 0 Å². The highest BCUT2D eigenvalue weighted by Crippen LogP contribution is 2.21. The Balaban J connectivity index is 2.08. The minimum Gasteiger partial charge on any atom is -0.452 e. The van der Waals surface area contributed by atoms with Gasteiger partial charge in [-0.25, -0.2) is 17.6 Å². The lowest BCUT2D eigenvalue weighted by molar-refractivity contribution is -0.124. The zero-order chi connectivity index (χ0) is 20.6. The van der Waals surface area contributed by atoms with Crippen molar-refractivity contribution in [2.24, 2.45) is 0 Å². The molecule has 2 rings (SSSR count). The summed E-state index contributed by atoms with van der Waals surface area (Å²) in [6.45, 7) is 2.00. The van der Waals surface area contributed by atoms with Crippen LogP contribution in [-0.4, -0.2) is 33.4 Å². The van der Waals surface area contributed by atoms with Gasteiger partial charge in [0, 0.05) is 6.54 Å². The lowest BCUT2D eigenvalue weighted by Gasteiger charge is -2.12. The van der Waals surface area contributed by atoms with Gasteiger partial charge in [-0.05, 0) is 42.8 Å². The molecule has 2 N–H and O–H groups in total. The lowest BCUT2D eigenvalue weighted by Crippen LogP contribution is -2.29. The van der Waals surface area contributed by atoms with E-state index in [0.29, 0.717) is 6.54 Å². The van der Waals surface area contributed by atoms with E-state index in [9.17, 15) is 22.4 Å². The number of hydrogen-bond donors (Lipinski definition) is 2. The summed E-state index contributed by atoms with van der Waals surface area (Å²) < 4.78 is 45.2. The van der Waals surface area contributed by atoms with Crippen molar-refractivity contribution in [2.75, 3.05) is 17.9 Å². The van der Waals surface area contributed by atoms with Gasteiger partial charge in [0.05, 0.1) is 16.1 Å².